The molecule has 2 N–H and O–H groups in total. The van der Waals surface area contributed by atoms with Crippen LogP contribution in [0, 0.1) is 13.8 Å². The highest BCUT2D eigenvalue weighted by molar-refractivity contribution is 5.70. The van der Waals surface area contributed by atoms with Crippen LogP contribution in [0.15, 0.2) is 72.9 Å². The first-order valence-corrected chi connectivity index (χ1v) is 13.4. The predicted octanol–water partition coefficient (Wildman–Crippen LogP) is 5.18. The van der Waals surface area contributed by atoms with Gasteiger partial charge in [-0.25, -0.2) is 4.98 Å². The molecule has 214 valence electrons. The predicted molar refractivity (Wildman–Crippen MR) is 159 cm³/mol. The van der Waals surface area contributed by atoms with E-state index in [4.69, 9.17) is 23.9 Å². The Bertz CT molecular complexity index is 1460. The number of aliphatic hydroxyl groups excluding tert-OH is 1. The molecule has 1 fully saturated rings. The lowest BCUT2D eigenvalue weighted by Gasteiger charge is -2.31. The van der Waals surface area contributed by atoms with Gasteiger partial charge in [0.25, 0.3) is 6.41 Å². The summed E-state index contributed by atoms with van der Waals surface area (Å²) in [6.45, 7) is 6.97. The van der Waals surface area contributed by atoms with Gasteiger partial charge in [0.2, 0.25) is 5.95 Å². The van der Waals surface area contributed by atoms with Crippen molar-refractivity contribution in [3.8, 4) is 17.2 Å². The lowest BCUT2D eigenvalue weighted by Crippen LogP contribution is -2.37. The van der Waals surface area contributed by atoms with Crippen molar-refractivity contribution in [1.82, 2.24) is 9.97 Å². The molecule has 0 spiro atoms. The molecule has 0 amide bonds. The Hall–Kier alpha value is -4.54. The van der Waals surface area contributed by atoms with E-state index >= 15 is 0 Å². The number of rotatable bonds is 10. The van der Waals surface area contributed by atoms with Gasteiger partial charge in [-0.3, -0.25) is 4.90 Å². The molecule has 0 bridgehead atoms. The minimum Gasteiger partial charge on any atom is -0.497 e. The number of nitrogens with one attached hydrogen (secondary N) is 1. The highest BCUT2D eigenvalue weighted by Crippen LogP contribution is 2.38. The van der Waals surface area contributed by atoms with Gasteiger partial charge in [-0.15, -0.1) is 0 Å². The van der Waals surface area contributed by atoms with Crippen molar-refractivity contribution in [2.24, 2.45) is 0 Å². The van der Waals surface area contributed by atoms with E-state index in [2.05, 4.69) is 27.3 Å². The fraction of sp³-hybridized carbons (Fsp3) is 0.290. The van der Waals surface area contributed by atoms with E-state index in [1.54, 1.807) is 49.6 Å². The van der Waals surface area contributed by atoms with E-state index in [-0.39, 0.29) is 0 Å². The molecule has 0 saturated carbocycles. The van der Waals surface area contributed by atoms with E-state index < -0.39 is 6.41 Å². The maximum atomic E-state index is 11.5. The Morgan fingerprint density at radius 1 is 0.951 bits per heavy atom. The summed E-state index contributed by atoms with van der Waals surface area (Å²) in [6.07, 6.45) is 0.190. The molecule has 0 aliphatic carbocycles. The van der Waals surface area contributed by atoms with Crippen LogP contribution in [-0.2, 0) is 4.74 Å². The van der Waals surface area contributed by atoms with Crippen molar-refractivity contribution >= 4 is 28.8 Å². The van der Waals surface area contributed by atoms with Crippen LogP contribution in [0.4, 0.5) is 28.8 Å². The quantitative estimate of drug-likeness (QED) is 0.254. The third-order valence-corrected chi connectivity index (χ3v) is 6.87. The molecular weight excluding hydrogens is 522 g/mol. The molecule has 4 aromatic rings. The first-order valence-electron chi connectivity index (χ1n) is 13.4. The molecule has 3 aromatic carbocycles. The van der Waals surface area contributed by atoms with E-state index in [0.29, 0.717) is 47.9 Å². The zero-order valence-corrected chi connectivity index (χ0v) is 23.7. The van der Waals surface area contributed by atoms with Gasteiger partial charge in [0.1, 0.15) is 23.1 Å². The smallest absolute Gasteiger partial charge is 0.287 e. The summed E-state index contributed by atoms with van der Waals surface area (Å²) in [7, 11) is 3.14. The lowest BCUT2D eigenvalue weighted by atomic mass is 10.1. The molecule has 1 aliphatic heterocycles. The van der Waals surface area contributed by atoms with Crippen LogP contribution in [0.5, 0.6) is 17.2 Å². The highest BCUT2D eigenvalue weighted by atomic mass is 16.6. The first-order chi connectivity index (χ1) is 20.0. The van der Waals surface area contributed by atoms with E-state index in [0.717, 1.165) is 35.6 Å². The fourth-order valence-corrected chi connectivity index (χ4v) is 4.76. The number of hydrogen-bond donors (Lipinski definition) is 2. The standard InChI is InChI=1S/C31H35N5O5/c1-21-7-5-8-22(2)29(21)41-31(37)36(26-12-11-25(38-3)20-27(26)39-4)28-13-14-32-30(34-28)33-23-9-6-10-24(19-23)35-15-17-40-18-16-35/h5-14,19-20,31,37H,15-18H2,1-4H3,(H,32,33,34). The fourth-order valence-electron chi connectivity index (χ4n) is 4.76. The summed E-state index contributed by atoms with van der Waals surface area (Å²) in [4.78, 5) is 13.0. The number of nitrogens with zero attached hydrogens (tertiary/aromatic N) is 4. The summed E-state index contributed by atoms with van der Waals surface area (Å²) < 4.78 is 22.7. The first kappa shape index (κ1) is 28.0. The Balaban J connectivity index is 1.49. The summed E-state index contributed by atoms with van der Waals surface area (Å²) >= 11 is 0. The third kappa shape index (κ3) is 6.45. The number of ether oxygens (including phenoxy) is 4. The second-order valence-corrected chi connectivity index (χ2v) is 9.59. The van der Waals surface area contributed by atoms with Gasteiger partial charge in [0.05, 0.1) is 33.1 Å². The molecular formula is C31H35N5O5. The monoisotopic (exact) mass is 557 g/mol. The average Bonchev–Trinajstić information content (AvgIpc) is 3.00. The van der Waals surface area contributed by atoms with Crippen LogP contribution in [0.1, 0.15) is 11.1 Å². The molecule has 10 nitrogen and oxygen atoms in total. The van der Waals surface area contributed by atoms with Crippen molar-refractivity contribution in [2.45, 2.75) is 20.3 Å². The molecule has 0 radical (unpaired) electrons. The van der Waals surface area contributed by atoms with E-state index in [1.807, 2.05) is 44.2 Å². The molecule has 5 rings (SSSR count). The van der Waals surface area contributed by atoms with Crippen molar-refractivity contribution in [1.29, 1.82) is 0 Å². The number of morpholine rings is 1. The Labute approximate surface area is 240 Å². The SMILES string of the molecule is COc1ccc(N(c2ccnc(Nc3cccc(N4CCOCC4)c3)n2)C(O)Oc2c(C)cccc2C)c(OC)c1. The van der Waals surface area contributed by atoms with Gasteiger partial charge in [-0.2, -0.15) is 4.98 Å². The van der Waals surface area contributed by atoms with Gasteiger partial charge >= 0.3 is 0 Å². The molecule has 10 heteroatoms. The second-order valence-electron chi connectivity index (χ2n) is 9.59. The van der Waals surface area contributed by atoms with Gasteiger partial charge < -0.3 is 34.3 Å². The zero-order valence-electron chi connectivity index (χ0n) is 23.7. The molecule has 1 unspecified atom stereocenters. The summed E-state index contributed by atoms with van der Waals surface area (Å²) in [6, 6.07) is 20.9. The van der Waals surface area contributed by atoms with Crippen molar-refractivity contribution in [2.75, 3.05) is 55.6 Å². The number of methoxy groups -OCH3 is 2. The second kappa shape index (κ2) is 12.8. The number of aliphatic hydroxyl groups is 1. The third-order valence-electron chi connectivity index (χ3n) is 6.87. The van der Waals surface area contributed by atoms with E-state index in [1.165, 1.54) is 0 Å². The number of aryl methyl sites for hydroxylation is 2. The van der Waals surface area contributed by atoms with Crippen LogP contribution < -0.4 is 29.3 Å². The number of aromatic nitrogens is 2. The Kier molecular flexibility index (Phi) is 8.71. The maximum Gasteiger partial charge on any atom is 0.287 e. The van der Waals surface area contributed by atoms with Crippen LogP contribution >= 0.6 is 0 Å². The van der Waals surface area contributed by atoms with Crippen LogP contribution in [-0.4, -0.2) is 62.0 Å². The van der Waals surface area contributed by atoms with Crippen molar-refractivity contribution in [3.05, 3.63) is 84.1 Å². The number of benzene rings is 3. The number of anilines is 5. The zero-order chi connectivity index (χ0) is 28.8. The van der Waals surface area contributed by atoms with Gasteiger partial charge in [0, 0.05) is 36.7 Å². The number of para-hydroxylation sites is 1. The molecule has 1 atom stereocenters. The summed E-state index contributed by atoms with van der Waals surface area (Å²) in [5.74, 6) is 2.43. The topological polar surface area (TPSA) is 101 Å². The lowest BCUT2D eigenvalue weighted by molar-refractivity contribution is -0.0121. The van der Waals surface area contributed by atoms with Gasteiger partial charge in [-0.05, 0) is 61.4 Å². The van der Waals surface area contributed by atoms with Crippen molar-refractivity contribution < 1.29 is 24.1 Å². The summed E-state index contributed by atoms with van der Waals surface area (Å²) in [5, 5.41) is 14.8. The normalized spacial score (nSPS) is 13.8. The largest absolute Gasteiger partial charge is 0.497 e. The molecule has 41 heavy (non-hydrogen) atoms. The highest BCUT2D eigenvalue weighted by Gasteiger charge is 2.26. The van der Waals surface area contributed by atoms with Crippen LogP contribution in [0.3, 0.4) is 0 Å². The average molecular weight is 558 g/mol. The molecule has 1 aromatic heterocycles. The molecule has 2 heterocycles. The summed E-state index contributed by atoms with van der Waals surface area (Å²) in [5.41, 5.74) is 4.27. The molecule has 1 aliphatic rings. The minimum atomic E-state index is -1.44. The van der Waals surface area contributed by atoms with Gasteiger partial charge in [0.15, 0.2) is 0 Å². The minimum absolute atomic E-state index is 0.360. The van der Waals surface area contributed by atoms with Crippen LogP contribution in [0.2, 0.25) is 0 Å². The van der Waals surface area contributed by atoms with Crippen LogP contribution in [0.25, 0.3) is 0 Å². The molecule has 1 saturated heterocycles. The van der Waals surface area contributed by atoms with E-state index in [9.17, 15) is 5.11 Å². The number of hydrogen-bond acceptors (Lipinski definition) is 10. The van der Waals surface area contributed by atoms with Crippen molar-refractivity contribution in [3.63, 3.8) is 0 Å². The Morgan fingerprint density at radius 2 is 1.71 bits per heavy atom. The maximum absolute atomic E-state index is 11.5. The van der Waals surface area contributed by atoms with Gasteiger partial charge in [-0.1, -0.05) is 24.3 Å². The Morgan fingerprint density at radius 3 is 2.44 bits per heavy atom.